The number of aromatic nitrogens is 1. The first-order chi connectivity index (χ1) is 10.1. The highest BCUT2D eigenvalue weighted by atomic mass is 16.5. The fourth-order valence-corrected chi connectivity index (χ4v) is 2.61. The normalized spacial score (nSPS) is 16.5. The Morgan fingerprint density at radius 2 is 1.95 bits per heavy atom. The molecule has 2 rings (SSSR count). The molecule has 0 amide bonds. The minimum absolute atomic E-state index is 0.568. The number of anilines is 2. The molecule has 0 saturated carbocycles. The average molecular weight is 292 g/mol. The van der Waals surface area contributed by atoms with Gasteiger partial charge in [-0.05, 0) is 24.5 Å². The lowest BCUT2D eigenvalue weighted by molar-refractivity contribution is 0.230. The van der Waals surface area contributed by atoms with E-state index in [0.29, 0.717) is 18.2 Å². The van der Waals surface area contributed by atoms with E-state index in [0.717, 1.165) is 44.3 Å². The first kappa shape index (κ1) is 15.9. The SMILES string of the molecule is CCCOc1nc(N2CCN(CC(C)C)CC2)ccc1N. The Morgan fingerprint density at radius 1 is 1.24 bits per heavy atom. The molecule has 0 unspecified atom stereocenters. The molecule has 21 heavy (non-hydrogen) atoms. The third-order valence-corrected chi connectivity index (χ3v) is 3.64. The van der Waals surface area contributed by atoms with Crippen LogP contribution in [0.25, 0.3) is 0 Å². The van der Waals surface area contributed by atoms with Crippen LogP contribution in [0.4, 0.5) is 11.5 Å². The largest absolute Gasteiger partial charge is 0.476 e. The van der Waals surface area contributed by atoms with Gasteiger partial charge in [0.15, 0.2) is 0 Å². The second kappa shape index (κ2) is 7.50. The smallest absolute Gasteiger partial charge is 0.239 e. The van der Waals surface area contributed by atoms with Gasteiger partial charge in [0.2, 0.25) is 5.88 Å². The van der Waals surface area contributed by atoms with Gasteiger partial charge < -0.3 is 15.4 Å². The van der Waals surface area contributed by atoms with E-state index >= 15 is 0 Å². The number of ether oxygens (including phenoxy) is 1. The van der Waals surface area contributed by atoms with Crippen LogP contribution in [-0.2, 0) is 0 Å². The maximum absolute atomic E-state index is 5.92. The van der Waals surface area contributed by atoms with Crippen LogP contribution in [0, 0.1) is 5.92 Å². The van der Waals surface area contributed by atoms with Gasteiger partial charge in [-0.2, -0.15) is 4.98 Å². The summed E-state index contributed by atoms with van der Waals surface area (Å²) in [5.41, 5.74) is 6.54. The van der Waals surface area contributed by atoms with Crippen molar-refractivity contribution in [1.29, 1.82) is 0 Å². The van der Waals surface area contributed by atoms with Gasteiger partial charge in [-0.15, -0.1) is 0 Å². The average Bonchev–Trinajstić information content (AvgIpc) is 2.47. The number of hydrogen-bond donors (Lipinski definition) is 1. The lowest BCUT2D eigenvalue weighted by Gasteiger charge is -2.36. The van der Waals surface area contributed by atoms with Gasteiger partial charge in [-0.25, -0.2) is 0 Å². The lowest BCUT2D eigenvalue weighted by atomic mass is 10.2. The highest BCUT2D eigenvalue weighted by Crippen LogP contribution is 2.24. The van der Waals surface area contributed by atoms with Crippen molar-refractivity contribution in [2.75, 3.05) is 50.0 Å². The summed E-state index contributed by atoms with van der Waals surface area (Å²) in [4.78, 5) is 9.41. The van der Waals surface area contributed by atoms with Crippen molar-refractivity contribution < 1.29 is 4.74 Å². The monoisotopic (exact) mass is 292 g/mol. The first-order valence-electron chi connectivity index (χ1n) is 7.96. The molecule has 0 atom stereocenters. The van der Waals surface area contributed by atoms with Crippen molar-refractivity contribution in [1.82, 2.24) is 9.88 Å². The topological polar surface area (TPSA) is 54.6 Å². The van der Waals surface area contributed by atoms with E-state index in [2.05, 4.69) is 35.6 Å². The summed E-state index contributed by atoms with van der Waals surface area (Å²) in [5, 5.41) is 0. The van der Waals surface area contributed by atoms with Gasteiger partial charge >= 0.3 is 0 Å². The molecule has 1 saturated heterocycles. The molecule has 2 N–H and O–H groups in total. The van der Waals surface area contributed by atoms with Crippen LogP contribution in [0.1, 0.15) is 27.2 Å². The number of nitrogen functional groups attached to an aromatic ring is 1. The van der Waals surface area contributed by atoms with Crippen molar-refractivity contribution in [3.05, 3.63) is 12.1 Å². The van der Waals surface area contributed by atoms with Crippen molar-refractivity contribution >= 4 is 11.5 Å². The Bertz CT molecular complexity index is 442. The predicted molar refractivity (Wildman–Crippen MR) is 87.9 cm³/mol. The minimum atomic E-state index is 0.568. The summed E-state index contributed by atoms with van der Waals surface area (Å²) in [7, 11) is 0. The summed E-state index contributed by atoms with van der Waals surface area (Å²) < 4.78 is 5.62. The maximum Gasteiger partial charge on any atom is 0.239 e. The Hall–Kier alpha value is -1.49. The van der Waals surface area contributed by atoms with E-state index in [4.69, 9.17) is 10.5 Å². The fraction of sp³-hybridized carbons (Fsp3) is 0.688. The summed E-state index contributed by atoms with van der Waals surface area (Å²) in [5.74, 6) is 2.26. The standard InChI is InChI=1S/C16H28N4O/c1-4-11-21-16-14(17)5-6-15(18-16)20-9-7-19(8-10-20)12-13(2)3/h5-6,13H,4,7-12,17H2,1-3H3. The molecule has 5 heteroatoms. The highest BCUT2D eigenvalue weighted by molar-refractivity contribution is 5.54. The van der Waals surface area contributed by atoms with Crippen LogP contribution in [0.3, 0.4) is 0 Å². The third kappa shape index (κ3) is 4.49. The summed E-state index contributed by atoms with van der Waals surface area (Å²) >= 11 is 0. The van der Waals surface area contributed by atoms with Crippen LogP contribution in [0.5, 0.6) is 5.88 Å². The molecule has 0 aliphatic carbocycles. The highest BCUT2D eigenvalue weighted by Gasteiger charge is 2.19. The van der Waals surface area contributed by atoms with Crippen LogP contribution >= 0.6 is 0 Å². The zero-order chi connectivity index (χ0) is 15.2. The van der Waals surface area contributed by atoms with E-state index in [9.17, 15) is 0 Å². The third-order valence-electron chi connectivity index (χ3n) is 3.64. The Balaban J connectivity index is 1.96. The second-order valence-electron chi connectivity index (χ2n) is 6.09. The van der Waals surface area contributed by atoms with Crippen LogP contribution in [0.2, 0.25) is 0 Å². The molecule has 1 aliphatic rings. The van der Waals surface area contributed by atoms with Crippen molar-refractivity contribution in [3.8, 4) is 5.88 Å². The maximum atomic E-state index is 5.92. The number of nitrogens with zero attached hydrogens (tertiary/aromatic N) is 3. The van der Waals surface area contributed by atoms with Crippen LogP contribution in [-0.4, -0.2) is 49.2 Å². The van der Waals surface area contributed by atoms with Crippen molar-refractivity contribution in [3.63, 3.8) is 0 Å². The van der Waals surface area contributed by atoms with Gasteiger partial charge in [0.05, 0.1) is 12.3 Å². The molecule has 1 aromatic rings. The fourth-order valence-electron chi connectivity index (χ4n) is 2.61. The lowest BCUT2D eigenvalue weighted by Crippen LogP contribution is -2.47. The number of rotatable bonds is 6. The number of nitrogens with two attached hydrogens (primary N) is 1. The molecule has 118 valence electrons. The summed E-state index contributed by atoms with van der Waals surface area (Å²) in [6.45, 7) is 12.7. The zero-order valence-electron chi connectivity index (χ0n) is 13.5. The van der Waals surface area contributed by atoms with Gasteiger partial charge in [-0.1, -0.05) is 20.8 Å². The zero-order valence-corrected chi connectivity index (χ0v) is 13.5. The van der Waals surface area contributed by atoms with Crippen molar-refractivity contribution in [2.45, 2.75) is 27.2 Å². The first-order valence-corrected chi connectivity index (χ1v) is 7.96. The van der Waals surface area contributed by atoms with Gasteiger partial charge in [0.1, 0.15) is 5.82 Å². The molecule has 2 heterocycles. The molecule has 1 aromatic heterocycles. The van der Waals surface area contributed by atoms with E-state index in [1.165, 1.54) is 6.54 Å². The Kier molecular flexibility index (Phi) is 5.67. The van der Waals surface area contributed by atoms with Gasteiger partial charge in [0, 0.05) is 32.7 Å². The minimum Gasteiger partial charge on any atom is -0.476 e. The molecule has 0 radical (unpaired) electrons. The van der Waals surface area contributed by atoms with Crippen molar-refractivity contribution in [2.24, 2.45) is 5.92 Å². The molecule has 0 bridgehead atoms. The molecule has 0 spiro atoms. The molecular weight excluding hydrogens is 264 g/mol. The second-order valence-corrected chi connectivity index (χ2v) is 6.09. The van der Waals surface area contributed by atoms with E-state index in [-0.39, 0.29) is 0 Å². The van der Waals surface area contributed by atoms with E-state index in [1.54, 1.807) is 0 Å². The number of pyridine rings is 1. The van der Waals surface area contributed by atoms with E-state index < -0.39 is 0 Å². The molecular formula is C16H28N4O. The molecule has 1 fully saturated rings. The summed E-state index contributed by atoms with van der Waals surface area (Å²) in [6, 6.07) is 3.89. The number of hydrogen-bond acceptors (Lipinski definition) is 5. The predicted octanol–water partition coefficient (Wildman–Crippen LogP) is 2.23. The molecule has 0 aromatic carbocycles. The van der Waals surface area contributed by atoms with E-state index in [1.807, 2.05) is 12.1 Å². The van der Waals surface area contributed by atoms with Gasteiger partial charge in [0.25, 0.3) is 0 Å². The van der Waals surface area contributed by atoms with Crippen LogP contribution < -0.4 is 15.4 Å². The Morgan fingerprint density at radius 3 is 2.57 bits per heavy atom. The quantitative estimate of drug-likeness (QED) is 0.871. The number of piperazine rings is 1. The van der Waals surface area contributed by atoms with Gasteiger partial charge in [-0.3, -0.25) is 4.90 Å². The summed E-state index contributed by atoms with van der Waals surface area (Å²) in [6.07, 6.45) is 0.958. The molecule has 5 nitrogen and oxygen atoms in total. The Labute approximate surface area is 128 Å². The molecule has 1 aliphatic heterocycles. The van der Waals surface area contributed by atoms with Crippen LogP contribution in [0.15, 0.2) is 12.1 Å².